The van der Waals surface area contributed by atoms with Gasteiger partial charge >= 0.3 is 0 Å². The van der Waals surface area contributed by atoms with Gasteiger partial charge in [0.2, 0.25) is 0 Å². The number of alkyl halides is 1. The summed E-state index contributed by atoms with van der Waals surface area (Å²) in [5, 5.41) is 2.97. The van der Waals surface area contributed by atoms with Gasteiger partial charge in [0.15, 0.2) is 5.13 Å². The molecular formula is C13H15BrN2O2S2. The highest BCUT2D eigenvalue weighted by Crippen LogP contribution is 2.24. The van der Waals surface area contributed by atoms with Crippen molar-refractivity contribution in [3.63, 3.8) is 0 Å². The summed E-state index contributed by atoms with van der Waals surface area (Å²) < 4.78 is 27.0. The summed E-state index contributed by atoms with van der Waals surface area (Å²) >= 11 is 4.63. The Labute approximate surface area is 131 Å². The van der Waals surface area contributed by atoms with Crippen molar-refractivity contribution in [3.05, 3.63) is 40.9 Å². The zero-order valence-electron chi connectivity index (χ0n) is 11.1. The second-order valence-electron chi connectivity index (χ2n) is 4.62. The van der Waals surface area contributed by atoms with Gasteiger partial charge in [-0.1, -0.05) is 41.9 Å². The molecule has 0 radical (unpaired) electrons. The van der Waals surface area contributed by atoms with E-state index in [0.29, 0.717) is 10.5 Å². The predicted molar refractivity (Wildman–Crippen MR) is 86.1 cm³/mol. The molecule has 108 valence electrons. The lowest BCUT2D eigenvalue weighted by Gasteiger charge is -2.06. The molecule has 0 aliphatic carbocycles. The van der Waals surface area contributed by atoms with Crippen LogP contribution < -0.4 is 4.72 Å². The van der Waals surface area contributed by atoms with Crippen LogP contribution in [0, 0.1) is 0 Å². The smallest absolute Gasteiger partial charge is 0.255 e. The Morgan fingerprint density at radius 1 is 1.30 bits per heavy atom. The Kier molecular flexibility index (Phi) is 4.82. The molecule has 0 saturated carbocycles. The quantitative estimate of drug-likeness (QED) is 0.805. The lowest BCUT2D eigenvalue weighted by Crippen LogP contribution is -2.12. The Hall–Kier alpha value is -0.920. The maximum atomic E-state index is 12.2. The number of hydrogen-bond donors (Lipinski definition) is 1. The number of anilines is 1. The molecular weight excluding hydrogens is 360 g/mol. The molecule has 0 atom stereocenters. The second kappa shape index (κ2) is 6.24. The normalized spacial score (nSPS) is 11.8. The van der Waals surface area contributed by atoms with Gasteiger partial charge in [-0.25, -0.2) is 13.4 Å². The second-order valence-corrected chi connectivity index (χ2v) is 7.72. The minimum atomic E-state index is -3.57. The van der Waals surface area contributed by atoms with Crippen molar-refractivity contribution in [3.8, 4) is 0 Å². The Balaban J connectivity index is 2.21. The van der Waals surface area contributed by atoms with Crippen molar-refractivity contribution >= 4 is 42.4 Å². The topological polar surface area (TPSA) is 59.1 Å². The van der Waals surface area contributed by atoms with Crippen LogP contribution in [0.1, 0.15) is 31.0 Å². The summed E-state index contributed by atoms with van der Waals surface area (Å²) in [5.74, 6) is 0.280. The van der Waals surface area contributed by atoms with Gasteiger partial charge in [0, 0.05) is 10.7 Å². The van der Waals surface area contributed by atoms with Crippen molar-refractivity contribution in [1.29, 1.82) is 0 Å². The monoisotopic (exact) mass is 374 g/mol. The van der Waals surface area contributed by atoms with Gasteiger partial charge in [0.05, 0.1) is 10.6 Å². The molecule has 0 unspecified atom stereocenters. The first-order chi connectivity index (χ1) is 9.42. The van der Waals surface area contributed by atoms with Gasteiger partial charge in [-0.05, 0) is 23.6 Å². The van der Waals surface area contributed by atoms with E-state index in [1.807, 2.05) is 19.2 Å². The number of hydrogen-bond acceptors (Lipinski definition) is 4. The van der Waals surface area contributed by atoms with E-state index in [9.17, 15) is 8.42 Å². The molecule has 2 aromatic rings. The van der Waals surface area contributed by atoms with E-state index in [2.05, 4.69) is 25.6 Å². The highest BCUT2D eigenvalue weighted by atomic mass is 79.9. The number of benzene rings is 1. The molecule has 0 bridgehead atoms. The molecule has 1 aromatic carbocycles. The summed E-state index contributed by atoms with van der Waals surface area (Å²) in [6.07, 6.45) is 0. The van der Waals surface area contributed by atoms with Crippen LogP contribution in [0.15, 0.2) is 34.5 Å². The highest BCUT2D eigenvalue weighted by molar-refractivity contribution is 9.08. The standard InChI is InChI=1S/C13H15BrN2O2S2/c1-9(2)12-8-19-13(15-12)16-20(17,18)11-5-3-10(7-14)4-6-11/h3-6,8-9H,7H2,1-2H3,(H,15,16). The molecule has 0 aliphatic heterocycles. The van der Waals surface area contributed by atoms with Crippen molar-refractivity contribution in [1.82, 2.24) is 4.98 Å². The molecule has 1 aromatic heterocycles. The number of sulfonamides is 1. The molecule has 1 heterocycles. The molecule has 0 amide bonds. The summed E-state index contributed by atoms with van der Waals surface area (Å²) in [7, 11) is -3.57. The number of halogens is 1. The summed E-state index contributed by atoms with van der Waals surface area (Å²) in [5.41, 5.74) is 1.92. The van der Waals surface area contributed by atoms with Crippen molar-refractivity contribution in [2.24, 2.45) is 0 Å². The molecule has 4 nitrogen and oxygen atoms in total. The Morgan fingerprint density at radius 3 is 2.45 bits per heavy atom. The third-order valence-electron chi connectivity index (χ3n) is 2.72. The first kappa shape index (κ1) is 15.5. The van der Waals surface area contributed by atoms with Gasteiger partial charge < -0.3 is 0 Å². The van der Waals surface area contributed by atoms with Crippen LogP contribution in [0.5, 0.6) is 0 Å². The van der Waals surface area contributed by atoms with Crippen molar-refractivity contribution < 1.29 is 8.42 Å². The first-order valence-electron chi connectivity index (χ1n) is 6.05. The number of nitrogens with one attached hydrogen (secondary N) is 1. The third kappa shape index (κ3) is 3.59. The van der Waals surface area contributed by atoms with E-state index in [4.69, 9.17) is 0 Å². The van der Waals surface area contributed by atoms with E-state index in [1.165, 1.54) is 11.3 Å². The fourth-order valence-corrected chi connectivity index (χ4v) is 4.03. The van der Waals surface area contributed by atoms with E-state index in [0.717, 1.165) is 11.3 Å². The van der Waals surface area contributed by atoms with Gasteiger partial charge in [-0.2, -0.15) is 0 Å². The molecule has 20 heavy (non-hydrogen) atoms. The molecule has 0 saturated heterocycles. The number of aromatic nitrogens is 1. The minimum Gasteiger partial charge on any atom is -0.255 e. The Morgan fingerprint density at radius 2 is 1.95 bits per heavy atom. The van der Waals surface area contributed by atoms with E-state index < -0.39 is 10.0 Å². The fraction of sp³-hybridized carbons (Fsp3) is 0.308. The molecule has 0 fully saturated rings. The minimum absolute atomic E-state index is 0.239. The highest BCUT2D eigenvalue weighted by Gasteiger charge is 2.16. The lowest BCUT2D eigenvalue weighted by molar-refractivity contribution is 0.601. The van der Waals surface area contributed by atoms with Crippen LogP contribution in [0.3, 0.4) is 0 Å². The molecule has 0 aliphatic rings. The van der Waals surface area contributed by atoms with Crippen LogP contribution >= 0.6 is 27.3 Å². The van der Waals surface area contributed by atoms with Crippen LogP contribution in [0.4, 0.5) is 5.13 Å². The van der Waals surface area contributed by atoms with Crippen molar-refractivity contribution in [2.75, 3.05) is 4.72 Å². The maximum Gasteiger partial charge on any atom is 0.263 e. The largest absolute Gasteiger partial charge is 0.263 e. The van der Waals surface area contributed by atoms with Crippen molar-refractivity contribution in [2.45, 2.75) is 30.0 Å². The zero-order valence-corrected chi connectivity index (χ0v) is 14.3. The number of thiazole rings is 1. The van der Waals surface area contributed by atoms with Gasteiger partial charge in [-0.3, -0.25) is 4.72 Å². The SMILES string of the molecule is CC(C)c1csc(NS(=O)(=O)c2ccc(CBr)cc2)n1. The summed E-state index contributed by atoms with van der Waals surface area (Å²) in [6.45, 7) is 4.04. The molecule has 0 spiro atoms. The average molecular weight is 375 g/mol. The maximum absolute atomic E-state index is 12.2. The van der Waals surface area contributed by atoms with Gasteiger partial charge in [-0.15, -0.1) is 11.3 Å². The van der Waals surface area contributed by atoms with E-state index in [1.54, 1.807) is 24.3 Å². The van der Waals surface area contributed by atoms with E-state index >= 15 is 0 Å². The van der Waals surface area contributed by atoms with Crippen LogP contribution in [0.25, 0.3) is 0 Å². The average Bonchev–Trinajstić information content (AvgIpc) is 2.87. The zero-order chi connectivity index (χ0) is 14.8. The van der Waals surface area contributed by atoms with E-state index in [-0.39, 0.29) is 10.8 Å². The lowest BCUT2D eigenvalue weighted by atomic mass is 10.2. The predicted octanol–water partition coefficient (Wildman–Crippen LogP) is 3.96. The third-order valence-corrected chi connectivity index (χ3v) is 5.63. The number of rotatable bonds is 5. The molecule has 1 N–H and O–H groups in total. The number of nitrogens with zero attached hydrogens (tertiary/aromatic N) is 1. The Bertz CT molecular complexity index is 679. The van der Waals surface area contributed by atoms with Gasteiger partial charge in [0.1, 0.15) is 0 Å². The van der Waals surface area contributed by atoms with Gasteiger partial charge in [0.25, 0.3) is 10.0 Å². The van der Waals surface area contributed by atoms with Crippen LogP contribution in [-0.4, -0.2) is 13.4 Å². The fourth-order valence-electron chi connectivity index (χ4n) is 1.53. The first-order valence-corrected chi connectivity index (χ1v) is 9.54. The molecule has 2 rings (SSSR count). The van der Waals surface area contributed by atoms with Crippen LogP contribution in [-0.2, 0) is 15.4 Å². The van der Waals surface area contributed by atoms with Crippen LogP contribution in [0.2, 0.25) is 0 Å². The summed E-state index contributed by atoms with van der Waals surface area (Å²) in [6, 6.07) is 6.75. The summed E-state index contributed by atoms with van der Waals surface area (Å²) in [4.78, 5) is 4.51. The molecule has 7 heteroatoms.